The molecule has 4 heteroatoms. The van der Waals surface area contributed by atoms with Crippen LogP contribution in [0.4, 0.5) is 0 Å². The van der Waals surface area contributed by atoms with E-state index in [-0.39, 0.29) is 53.1 Å². The van der Waals surface area contributed by atoms with Crippen molar-refractivity contribution in [2.24, 2.45) is 0 Å². The number of halogens is 2. The van der Waals surface area contributed by atoms with E-state index in [1.54, 1.807) is 0 Å². The summed E-state index contributed by atoms with van der Waals surface area (Å²) in [5.41, 5.74) is 4.93. The van der Waals surface area contributed by atoms with E-state index in [2.05, 4.69) is 61.5 Å². The van der Waals surface area contributed by atoms with E-state index in [1.807, 2.05) is 30.3 Å². The summed E-state index contributed by atoms with van der Waals surface area (Å²) in [5, 5.41) is 11.0. The van der Waals surface area contributed by atoms with Crippen molar-refractivity contribution in [3.8, 4) is 0 Å². The van der Waals surface area contributed by atoms with Crippen LogP contribution in [0.2, 0.25) is 0 Å². The van der Waals surface area contributed by atoms with Gasteiger partial charge in [0.25, 0.3) is 0 Å². The Hall–Kier alpha value is -1.35. The first-order valence-corrected chi connectivity index (χ1v) is 8.20. The zero-order chi connectivity index (χ0) is 16.8. The largest absolute Gasteiger partial charge is 3.00 e. The maximum Gasteiger partial charge on any atom is 3.00 e. The van der Waals surface area contributed by atoms with Gasteiger partial charge in [-0.3, -0.25) is 0 Å². The number of hydrogen-bond donors (Lipinski definition) is 1. The number of aliphatic hydroxyl groups excluding tert-OH is 1. The van der Waals surface area contributed by atoms with E-state index in [9.17, 15) is 0 Å². The number of benzene rings is 3. The minimum Gasteiger partial charge on any atom is -1.00 e. The van der Waals surface area contributed by atoms with Gasteiger partial charge in [-0.1, -0.05) is 71.6 Å². The van der Waals surface area contributed by atoms with Gasteiger partial charge in [0.1, 0.15) is 0 Å². The van der Waals surface area contributed by atoms with E-state index in [0.717, 1.165) is 12.0 Å². The van der Waals surface area contributed by atoms with E-state index >= 15 is 0 Å². The second-order valence-electron chi connectivity index (χ2n) is 5.92. The zero-order valence-corrected chi connectivity index (χ0v) is 18.2. The third-order valence-corrected chi connectivity index (χ3v) is 4.08. The van der Waals surface area contributed by atoms with Gasteiger partial charge in [-0.15, -0.1) is 40.8 Å². The van der Waals surface area contributed by atoms with Crippen molar-refractivity contribution in [2.45, 2.75) is 20.0 Å². The normalized spacial score (nSPS) is 11.6. The molecule has 1 N–H and O–H groups in total. The summed E-state index contributed by atoms with van der Waals surface area (Å²) in [4.78, 5) is 0. The predicted octanol–water partition coefficient (Wildman–Crippen LogP) is -0.442. The quantitative estimate of drug-likeness (QED) is 0.430. The Bertz CT molecular complexity index is 889. The Morgan fingerprint density at radius 1 is 0.889 bits per heavy atom. The molecule has 0 amide bonds. The second-order valence-corrected chi connectivity index (χ2v) is 5.92. The van der Waals surface area contributed by atoms with Crippen LogP contribution in [0.15, 0.2) is 84.5 Å². The molecule has 0 heterocycles. The van der Waals surface area contributed by atoms with Crippen molar-refractivity contribution in [3.05, 3.63) is 102 Å². The summed E-state index contributed by atoms with van der Waals surface area (Å²) in [6, 6.07) is 25.7. The first-order chi connectivity index (χ1) is 11.8. The molecule has 3 aromatic rings. The molecule has 0 atom stereocenters. The fraction of sp³-hybridized carbons (Fsp3) is 0.130. The number of allylic oxidation sites excluding steroid dienone is 4. The zero-order valence-electron chi connectivity index (χ0n) is 15.1. The van der Waals surface area contributed by atoms with E-state index in [0.29, 0.717) is 0 Å². The first-order valence-electron chi connectivity index (χ1n) is 8.20. The molecular formula is C23H21Cl2OTi. The third-order valence-electron chi connectivity index (χ3n) is 4.08. The van der Waals surface area contributed by atoms with Crippen LogP contribution in [0.5, 0.6) is 0 Å². The molecule has 137 valence electrons. The molecule has 0 saturated heterocycles. The maximum atomic E-state index is 8.54. The van der Waals surface area contributed by atoms with Crippen molar-refractivity contribution in [1.29, 1.82) is 0 Å². The molecule has 1 nitrogen and oxygen atoms in total. The summed E-state index contributed by atoms with van der Waals surface area (Å²) in [5.74, 6) is 0. The van der Waals surface area contributed by atoms with Crippen molar-refractivity contribution in [1.82, 2.24) is 0 Å². The number of aliphatic hydroxyl groups is 1. The number of hydrogen-bond acceptors (Lipinski definition) is 1. The number of fused-ring (bicyclic) bond motifs is 1. The molecule has 4 rings (SSSR count). The molecule has 0 fully saturated rings. The molecular weight excluding hydrogens is 411 g/mol. The van der Waals surface area contributed by atoms with Crippen LogP contribution < -0.4 is 24.8 Å². The summed E-state index contributed by atoms with van der Waals surface area (Å²) in [7, 11) is 0. The van der Waals surface area contributed by atoms with Crippen LogP contribution in [-0.2, 0) is 28.3 Å². The van der Waals surface area contributed by atoms with Crippen molar-refractivity contribution < 1.29 is 51.6 Å². The van der Waals surface area contributed by atoms with Crippen molar-refractivity contribution in [2.75, 3.05) is 0 Å². The Morgan fingerprint density at radius 3 is 2.15 bits per heavy atom. The van der Waals surface area contributed by atoms with E-state index in [4.69, 9.17) is 5.11 Å². The summed E-state index contributed by atoms with van der Waals surface area (Å²) < 4.78 is 0. The summed E-state index contributed by atoms with van der Waals surface area (Å²) in [6.07, 6.45) is 5.56. The summed E-state index contributed by atoms with van der Waals surface area (Å²) >= 11 is 0. The molecule has 1 aliphatic carbocycles. The molecule has 0 aromatic heterocycles. The van der Waals surface area contributed by atoms with Crippen LogP contribution in [0, 0.1) is 6.07 Å². The van der Waals surface area contributed by atoms with E-state index in [1.165, 1.54) is 27.5 Å². The Balaban J connectivity index is 0.000000535. The average molecular weight is 432 g/mol. The van der Waals surface area contributed by atoms with Crippen LogP contribution >= 0.6 is 0 Å². The molecule has 0 spiro atoms. The predicted molar refractivity (Wildman–Crippen MR) is 101 cm³/mol. The molecule has 1 radical (unpaired) electrons. The van der Waals surface area contributed by atoms with E-state index < -0.39 is 0 Å². The van der Waals surface area contributed by atoms with Crippen molar-refractivity contribution in [3.63, 3.8) is 0 Å². The van der Waals surface area contributed by atoms with Gasteiger partial charge < -0.3 is 29.9 Å². The Morgan fingerprint density at radius 2 is 1.56 bits per heavy atom. The Kier molecular flexibility index (Phi) is 12.3. The minimum absolute atomic E-state index is 0. The molecule has 0 saturated carbocycles. The smallest absolute Gasteiger partial charge is 1.00 e. The van der Waals surface area contributed by atoms with Gasteiger partial charge in [-0.05, 0) is 18.9 Å². The van der Waals surface area contributed by atoms with Crippen LogP contribution in [0.1, 0.15) is 24.5 Å². The van der Waals surface area contributed by atoms with Gasteiger partial charge in [0, 0.05) is 0 Å². The monoisotopic (exact) mass is 431 g/mol. The topological polar surface area (TPSA) is 20.2 Å². The molecule has 1 aliphatic rings. The molecule has 0 unspecified atom stereocenters. The molecule has 0 aliphatic heterocycles. The van der Waals surface area contributed by atoms with Gasteiger partial charge in [-0.25, -0.2) is 0 Å². The standard InChI is InChI=1S/C16H13.C7H8O.2ClH.Ti/c1-12-6-7-15(10-12)16-9-8-13-4-2-3-5-14(13)11-16;8-6-7-4-2-1-3-5-7;;;/h2-6,8-10H,7H2,1H3;1-5,8H,6H2;2*1H;/q-1;;;;+3/p-2. The molecule has 0 bridgehead atoms. The van der Waals surface area contributed by atoms with Gasteiger partial charge >= 0.3 is 21.7 Å². The Labute approximate surface area is 188 Å². The van der Waals surface area contributed by atoms with Crippen LogP contribution in [-0.4, -0.2) is 5.11 Å². The van der Waals surface area contributed by atoms with Crippen molar-refractivity contribution >= 4 is 16.3 Å². The SMILES string of the molecule is CC1=CCC(c2[c-]c3ccccc3cc2)=C1.OCc1ccccc1.[Cl-].[Cl-].[Ti+3]. The number of rotatable bonds is 2. The fourth-order valence-corrected chi connectivity index (χ4v) is 2.74. The van der Waals surface area contributed by atoms with Gasteiger partial charge in [0.15, 0.2) is 0 Å². The third kappa shape index (κ3) is 7.29. The fourth-order valence-electron chi connectivity index (χ4n) is 2.74. The molecule has 3 aromatic carbocycles. The van der Waals surface area contributed by atoms with Crippen LogP contribution in [0.3, 0.4) is 0 Å². The molecule has 27 heavy (non-hydrogen) atoms. The first kappa shape index (κ1) is 25.7. The maximum absolute atomic E-state index is 8.54. The van der Waals surface area contributed by atoms with Gasteiger partial charge in [0.2, 0.25) is 0 Å². The van der Waals surface area contributed by atoms with Gasteiger partial charge in [-0.2, -0.15) is 0 Å². The van der Waals surface area contributed by atoms with Crippen LogP contribution in [0.25, 0.3) is 16.3 Å². The van der Waals surface area contributed by atoms with Gasteiger partial charge in [0.05, 0.1) is 6.61 Å². The minimum atomic E-state index is 0. The second kappa shape index (κ2) is 12.9. The average Bonchev–Trinajstić information content (AvgIpc) is 3.09. The summed E-state index contributed by atoms with van der Waals surface area (Å²) in [6.45, 7) is 2.29.